The van der Waals surface area contributed by atoms with Gasteiger partial charge in [-0.15, -0.1) is 11.3 Å². The average molecular weight is 379 g/mol. The Labute approximate surface area is 152 Å². The van der Waals surface area contributed by atoms with E-state index in [1.165, 1.54) is 11.3 Å². The summed E-state index contributed by atoms with van der Waals surface area (Å²) in [6.45, 7) is 4.04. The first kappa shape index (κ1) is 17.9. The SMILES string of the molecule is CCC(C)NC(=O)C1(c2ccc(NS(=O)(=O)c3cccs3)cc2)CC1. The number of amides is 1. The fraction of sp³-hybridized carbons (Fsp3) is 0.389. The van der Waals surface area contributed by atoms with E-state index in [1.807, 2.05) is 26.0 Å². The molecule has 1 saturated carbocycles. The van der Waals surface area contributed by atoms with E-state index in [9.17, 15) is 13.2 Å². The second kappa shape index (κ2) is 6.80. The lowest BCUT2D eigenvalue weighted by Crippen LogP contribution is -2.39. The smallest absolute Gasteiger partial charge is 0.271 e. The van der Waals surface area contributed by atoms with Gasteiger partial charge in [0, 0.05) is 11.7 Å². The monoisotopic (exact) mass is 378 g/mol. The Morgan fingerprint density at radius 1 is 1.24 bits per heavy atom. The van der Waals surface area contributed by atoms with Crippen molar-refractivity contribution in [1.29, 1.82) is 0 Å². The summed E-state index contributed by atoms with van der Waals surface area (Å²) in [4.78, 5) is 12.5. The molecule has 1 aliphatic carbocycles. The van der Waals surface area contributed by atoms with E-state index < -0.39 is 15.4 Å². The lowest BCUT2D eigenvalue weighted by molar-refractivity contribution is -0.124. The van der Waals surface area contributed by atoms with Crippen LogP contribution in [0.1, 0.15) is 38.7 Å². The molecule has 5 nitrogen and oxygen atoms in total. The highest BCUT2D eigenvalue weighted by Crippen LogP contribution is 2.48. The fourth-order valence-electron chi connectivity index (χ4n) is 2.71. The van der Waals surface area contributed by atoms with Gasteiger partial charge in [-0.3, -0.25) is 9.52 Å². The molecule has 0 spiro atoms. The van der Waals surface area contributed by atoms with Gasteiger partial charge in [-0.1, -0.05) is 25.1 Å². The summed E-state index contributed by atoms with van der Waals surface area (Å²) in [5.74, 6) is 0.0637. The molecule has 1 aromatic heterocycles. The summed E-state index contributed by atoms with van der Waals surface area (Å²) < 4.78 is 27.4. The molecule has 1 fully saturated rings. The van der Waals surface area contributed by atoms with E-state index >= 15 is 0 Å². The van der Waals surface area contributed by atoms with Gasteiger partial charge in [-0.25, -0.2) is 8.42 Å². The van der Waals surface area contributed by atoms with Crippen molar-refractivity contribution in [2.24, 2.45) is 0 Å². The summed E-state index contributed by atoms with van der Waals surface area (Å²) in [6, 6.07) is 10.6. The normalized spacial score (nSPS) is 16.9. The first-order valence-electron chi connectivity index (χ1n) is 8.35. The predicted octanol–water partition coefficient (Wildman–Crippen LogP) is 3.50. The zero-order chi connectivity index (χ0) is 18.1. The van der Waals surface area contributed by atoms with E-state index in [0.717, 1.165) is 24.8 Å². The molecule has 1 amide bonds. The van der Waals surface area contributed by atoms with E-state index in [-0.39, 0.29) is 16.2 Å². The van der Waals surface area contributed by atoms with Crippen LogP contribution in [0.2, 0.25) is 0 Å². The number of thiophene rings is 1. The van der Waals surface area contributed by atoms with E-state index in [1.54, 1.807) is 29.6 Å². The van der Waals surface area contributed by atoms with Crippen LogP contribution in [-0.4, -0.2) is 20.4 Å². The third kappa shape index (κ3) is 3.72. The molecule has 2 N–H and O–H groups in total. The number of sulfonamides is 1. The number of hydrogen-bond donors (Lipinski definition) is 2. The van der Waals surface area contributed by atoms with Crippen LogP contribution >= 0.6 is 11.3 Å². The van der Waals surface area contributed by atoms with Crippen LogP contribution in [0.15, 0.2) is 46.0 Å². The predicted molar refractivity (Wildman–Crippen MR) is 100 cm³/mol. The Balaban J connectivity index is 1.74. The Hall–Kier alpha value is -1.86. The van der Waals surface area contributed by atoms with Crippen LogP contribution in [0.4, 0.5) is 5.69 Å². The van der Waals surface area contributed by atoms with Gasteiger partial charge in [-0.2, -0.15) is 0 Å². The average Bonchev–Trinajstić information content (AvgIpc) is 3.20. The highest BCUT2D eigenvalue weighted by molar-refractivity contribution is 7.94. The lowest BCUT2D eigenvalue weighted by atomic mass is 9.94. The largest absolute Gasteiger partial charge is 0.353 e. The van der Waals surface area contributed by atoms with Crippen molar-refractivity contribution >= 4 is 33.0 Å². The van der Waals surface area contributed by atoms with E-state index in [2.05, 4.69) is 10.0 Å². The van der Waals surface area contributed by atoms with Gasteiger partial charge < -0.3 is 5.32 Å². The zero-order valence-electron chi connectivity index (χ0n) is 14.3. The van der Waals surface area contributed by atoms with E-state index in [0.29, 0.717) is 5.69 Å². The number of hydrogen-bond acceptors (Lipinski definition) is 4. The molecule has 25 heavy (non-hydrogen) atoms. The molecule has 3 rings (SSSR count). The molecule has 1 unspecified atom stereocenters. The van der Waals surface area contributed by atoms with Crippen molar-refractivity contribution in [2.45, 2.75) is 48.8 Å². The summed E-state index contributed by atoms with van der Waals surface area (Å²) in [5.41, 5.74) is 0.983. The summed E-state index contributed by atoms with van der Waals surface area (Å²) in [7, 11) is -3.55. The number of carbonyl (C=O) groups excluding carboxylic acids is 1. The number of anilines is 1. The van der Waals surface area contributed by atoms with Gasteiger partial charge in [0.05, 0.1) is 5.41 Å². The van der Waals surface area contributed by atoms with Gasteiger partial charge in [0.1, 0.15) is 4.21 Å². The van der Waals surface area contributed by atoms with Crippen molar-refractivity contribution < 1.29 is 13.2 Å². The maximum Gasteiger partial charge on any atom is 0.271 e. The topological polar surface area (TPSA) is 75.3 Å². The highest BCUT2D eigenvalue weighted by atomic mass is 32.2. The number of nitrogens with one attached hydrogen (secondary N) is 2. The molecule has 0 aliphatic heterocycles. The summed E-state index contributed by atoms with van der Waals surface area (Å²) >= 11 is 1.17. The molecule has 1 aliphatic rings. The van der Waals surface area contributed by atoms with Crippen LogP contribution in [0.25, 0.3) is 0 Å². The molecule has 134 valence electrons. The molecule has 0 saturated heterocycles. The fourth-order valence-corrected chi connectivity index (χ4v) is 4.77. The Morgan fingerprint density at radius 2 is 1.92 bits per heavy atom. The molecular formula is C18H22N2O3S2. The number of benzene rings is 1. The third-order valence-electron chi connectivity index (χ3n) is 4.62. The molecule has 2 aromatic rings. The van der Waals surface area contributed by atoms with Crippen molar-refractivity contribution in [3.63, 3.8) is 0 Å². The number of rotatable bonds is 7. The third-order valence-corrected chi connectivity index (χ3v) is 7.40. The van der Waals surface area contributed by atoms with Crippen LogP contribution in [0, 0.1) is 0 Å². The molecule has 7 heteroatoms. The van der Waals surface area contributed by atoms with Crippen LogP contribution in [0.5, 0.6) is 0 Å². The van der Waals surface area contributed by atoms with Gasteiger partial charge in [0.2, 0.25) is 5.91 Å². The van der Waals surface area contributed by atoms with Crippen molar-refractivity contribution in [3.8, 4) is 0 Å². The Kier molecular flexibility index (Phi) is 4.88. The maximum atomic E-state index is 12.5. The van der Waals surface area contributed by atoms with Gasteiger partial charge >= 0.3 is 0 Å². The highest BCUT2D eigenvalue weighted by Gasteiger charge is 2.51. The second-order valence-electron chi connectivity index (χ2n) is 6.48. The molecule has 0 bridgehead atoms. The van der Waals surface area contributed by atoms with Crippen LogP contribution in [0.3, 0.4) is 0 Å². The minimum absolute atomic E-state index is 0.0637. The first-order valence-corrected chi connectivity index (χ1v) is 10.7. The van der Waals surface area contributed by atoms with E-state index in [4.69, 9.17) is 0 Å². The zero-order valence-corrected chi connectivity index (χ0v) is 15.9. The maximum absolute atomic E-state index is 12.5. The quantitative estimate of drug-likeness (QED) is 0.774. The molecular weight excluding hydrogens is 356 g/mol. The molecule has 1 atom stereocenters. The minimum Gasteiger partial charge on any atom is -0.353 e. The van der Waals surface area contributed by atoms with Crippen LogP contribution in [-0.2, 0) is 20.2 Å². The van der Waals surface area contributed by atoms with Gasteiger partial charge in [0.15, 0.2) is 0 Å². The lowest BCUT2D eigenvalue weighted by Gasteiger charge is -2.19. The molecule has 1 heterocycles. The van der Waals surface area contributed by atoms with Gasteiger partial charge in [0.25, 0.3) is 10.0 Å². The first-order chi connectivity index (χ1) is 11.9. The van der Waals surface area contributed by atoms with Crippen molar-refractivity contribution in [1.82, 2.24) is 5.32 Å². The minimum atomic E-state index is -3.55. The van der Waals surface area contributed by atoms with Crippen LogP contribution < -0.4 is 10.0 Å². The number of carbonyl (C=O) groups is 1. The van der Waals surface area contributed by atoms with Gasteiger partial charge in [-0.05, 0) is 55.3 Å². The molecule has 0 radical (unpaired) electrons. The van der Waals surface area contributed by atoms with Crippen molar-refractivity contribution in [3.05, 3.63) is 47.3 Å². The second-order valence-corrected chi connectivity index (χ2v) is 9.34. The summed E-state index contributed by atoms with van der Waals surface area (Å²) in [5, 5.41) is 4.78. The standard InChI is InChI=1S/C18H22N2O3S2/c1-3-13(2)19-17(21)18(10-11-18)14-6-8-15(9-7-14)20-25(22,23)16-5-4-12-24-16/h4-9,12-13,20H,3,10-11H2,1-2H3,(H,19,21). The molecule has 1 aromatic carbocycles. The Bertz CT molecular complexity index is 839. The Morgan fingerprint density at radius 3 is 2.44 bits per heavy atom. The van der Waals surface area contributed by atoms with Crippen molar-refractivity contribution in [2.75, 3.05) is 4.72 Å². The summed E-state index contributed by atoms with van der Waals surface area (Å²) in [6.07, 6.45) is 2.55.